The van der Waals surface area contributed by atoms with E-state index in [1.807, 2.05) is 4.90 Å². The number of piperidine rings is 1. The Balaban J connectivity index is 1.90. The second-order valence-electron chi connectivity index (χ2n) is 8.34. The molecular formula is C17H33NO4. The minimum Gasteiger partial charge on any atom is -0.395 e. The maximum absolute atomic E-state index is 10.0. The van der Waals surface area contributed by atoms with Crippen molar-refractivity contribution in [3.05, 3.63) is 0 Å². The van der Waals surface area contributed by atoms with Crippen LogP contribution in [0.15, 0.2) is 0 Å². The number of aliphatic hydroxyl groups is 4. The highest BCUT2D eigenvalue weighted by Gasteiger charge is 2.42. The predicted molar refractivity (Wildman–Crippen MR) is 85.4 cm³/mol. The van der Waals surface area contributed by atoms with Gasteiger partial charge in [0.2, 0.25) is 0 Å². The van der Waals surface area contributed by atoms with Gasteiger partial charge in [-0.15, -0.1) is 0 Å². The van der Waals surface area contributed by atoms with Crippen molar-refractivity contribution in [1.29, 1.82) is 0 Å². The zero-order valence-electron chi connectivity index (χ0n) is 14.1. The molecule has 5 heteroatoms. The summed E-state index contributed by atoms with van der Waals surface area (Å²) in [5.74, 6) is 1.30. The van der Waals surface area contributed by atoms with Crippen LogP contribution < -0.4 is 0 Å². The molecule has 0 unspecified atom stereocenters. The molecule has 0 aromatic rings. The molecule has 1 saturated carbocycles. The van der Waals surface area contributed by atoms with Crippen LogP contribution >= 0.6 is 0 Å². The van der Waals surface area contributed by atoms with E-state index in [9.17, 15) is 20.4 Å². The number of hydrogen-bond donors (Lipinski definition) is 4. The summed E-state index contributed by atoms with van der Waals surface area (Å²) in [4.78, 5) is 1.96. The molecule has 2 aliphatic rings. The van der Waals surface area contributed by atoms with Crippen molar-refractivity contribution < 1.29 is 20.4 Å². The molecule has 4 N–H and O–H groups in total. The molecular weight excluding hydrogens is 282 g/mol. The van der Waals surface area contributed by atoms with Crippen LogP contribution in [0.5, 0.6) is 0 Å². The monoisotopic (exact) mass is 315 g/mol. The summed E-state index contributed by atoms with van der Waals surface area (Å²) in [6, 6.07) is -0.473. The van der Waals surface area contributed by atoms with Crippen molar-refractivity contribution in [2.24, 2.45) is 17.3 Å². The SMILES string of the molecule is CC(C)(C)C1CCC(CN2C[C@H](O)[C@@H](O)[C@H](O)[C@H]2CO)CC1. The Labute approximate surface area is 134 Å². The average molecular weight is 315 g/mol. The van der Waals surface area contributed by atoms with Crippen LogP contribution in [-0.2, 0) is 0 Å². The molecule has 0 bridgehead atoms. The van der Waals surface area contributed by atoms with Gasteiger partial charge in [-0.25, -0.2) is 0 Å². The van der Waals surface area contributed by atoms with E-state index in [-0.39, 0.29) is 6.61 Å². The van der Waals surface area contributed by atoms with E-state index >= 15 is 0 Å². The van der Waals surface area contributed by atoms with Gasteiger partial charge in [-0.3, -0.25) is 4.90 Å². The van der Waals surface area contributed by atoms with Crippen LogP contribution in [0, 0.1) is 17.3 Å². The highest BCUT2D eigenvalue weighted by Crippen LogP contribution is 2.40. The number of aliphatic hydroxyl groups excluding tert-OH is 4. The molecule has 1 aliphatic heterocycles. The van der Waals surface area contributed by atoms with Crippen LogP contribution in [0.25, 0.3) is 0 Å². The molecule has 130 valence electrons. The Morgan fingerprint density at radius 1 is 0.955 bits per heavy atom. The third kappa shape index (κ3) is 4.01. The van der Waals surface area contributed by atoms with Crippen molar-refractivity contribution >= 4 is 0 Å². The molecule has 22 heavy (non-hydrogen) atoms. The maximum atomic E-state index is 10.0. The third-order valence-electron chi connectivity index (χ3n) is 5.78. The topological polar surface area (TPSA) is 84.2 Å². The number of likely N-dealkylation sites (tertiary alicyclic amines) is 1. The smallest absolute Gasteiger partial charge is 0.109 e. The standard InChI is InChI=1S/C17H33NO4/c1-17(2,3)12-6-4-11(5-7-12)8-18-9-14(20)16(22)15(21)13(18)10-19/h11-16,19-22H,4-10H2,1-3H3/t11?,12?,13-,14+,15-,16-/m1/s1. The van der Waals surface area contributed by atoms with Gasteiger partial charge in [0.05, 0.1) is 18.8 Å². The summed E-state index contributed by atoms with van der Waals surface area (Å²) in [6.45, 7) is 7.82. The van der Waals surface area contributed by atoms with Gasteiger partial charge in [-0.2, -0.15) is 0 Å². The van der Waals surface area contributed by atoms with Gasteiger partial charge in [0.25, 0.3) is 0 Å². The first-order valence-corrected chi connectivity index (χ1v) is 8.63. The molecule has 0 spiro atoms. The minimum atomic E-state index is -1.16. The number of nitrogens with zero attached hydrogens (tertiary/aromatic N) is 1. The lowest BCUT2D eigenvalue weighted by Crippen LogP contribution is -2.63. The Morgan fingerprint density at radius 2 is 1.55 bits per heavy atom. The van der Waals surface area contributed by atoms with E-state index in [4.69, 9.17) is 0 Å². The van der Waals surface area contributed by atoms with Crippen molar-refractivity contribution in [3.63, 3.8) is 0 Å². The van der Waals surface area contributed by atoms with E-state index < -0.39 is 24.4 Å². The molecule has 1 aliphatic carbocycles. The third-order valence-corrected chi connectivity index (χ3v) is 5.78. The second kappa shape index (κ2) is 7.14. The van der Waals surface area contributed by atoms with Gasteiger partial charge >= 0.3 is 0 Å². The fourth-order valence-corrected chi connectivity index (χ4v) is 4.13. The van der Waals surface area contributed by atoms with E-state index in [2.05, 4.69) is 20.8 Å². The van der Waals surface area contributed by atoms with Crippen LogP contribution in [0.4, 0.5) is 0 Å². The molecule has 2 fully saturated rings. The van der Waals surface area contributed by atoms with Gasteiger partial charge in [0.15, 0.2) is 0 Å². The summed E-state index contributed by atoms with van der Waals surface area (Å²) < 4.78 is 0. The summed E-state index contributed by atoms with van der Waals surface area (Å²) in [6.07, 6.45) is 1.57. The van der Waals surface area contributed by atoms with Crippen molar-refractivity contribution in [3.8, 4) is 0 Å². The van der Waals surface area contributed by atoms with Crippen LogP contribution in [0.2, 0.25) is 0 Å². The second-order valence-corrected chi connectivity index (χ2v) is 8.34. The van der Waals surface area contributed by atoms with E-state index in [0.29, 0.717) is 17.9 Å². The molecule has 0 amide bonds. The normalized spacial score (nSPS) is 41.6. The van der Waals surface area contributed by atoms with Gasteiger partial charge in [-0.1, -0.05) is 20.8 Å². The summed E-state index contributed by atoms with van der Waals surface area (Å²) in [5.41, 5.74) is 0.361. The molecule has 4 atom stereocenters. The summed E-state index contributed by atoms with van der Waals surface area (Å²) >= 11 is 0. The van der Waals surface area contributed by atoms with E-state index in [1.165, 1.54) is 12.8 Å². The zero-order chi connectivity index (χ0) is 16.5. The number of hydrogen-bond acceptors (Lipinski definition) is 5. The van der Waals surface area contributed by atoms with Gasteiger partial charge in [0, 0.05) is 13.1 Å². The van der Waals surface area contributed by atoms with Crippen LogP contribution in [0.3, 0.4) is 0 Å². The van der Waals surface area contributed by atoms with Crippen LogP contribution in [-0.4, -0.2) is 69.4 Å². The Kier molecular flexibility index (Phi) is 5.89. The Hall–Kier alpha value is -0.200. The van der Waals surface area contributed by atoms with Gasteiger partial charge in [0.1, 0.15) is 12.2 Å². The molecule has 5 nitrogen and oxygen atoms in total. The van der Waals surface area contributed by atoms with Crippen molar-refractivity contribution in [1.82, 2.24) is 4.90 Å². The quantitative estimate of drug-likeness (QED) is 0.613. The molecule has 0 aromatic carbocycles. The van der Waals surface area contributed by atoms with Crippen LogP contribution in [0.1, 0.15) is 46.5 Å². The minimum absolute atomic E-state index is 0.192. The summed E-state index contributed by atoms with van der Waals surface area (Å²) in [7, 11) is 0. The predicted octanol–water partition coefficient (Wildman–Crippen LogP) is 0.598. The molecule has 0 aromatic heterocycles. The number of β-amino-alcohol motifs (C(OH)–C–C–N with tert-alkyl or cyclic N) is 1. The summed E-state index contributed by atoms with van der Waals surface area (Å²) in [5, 5.41) is 39.2. The van der Waals surface area contributed by atoms with Gasteiger partial charge in [-0.05, 0) is 42.9 Å². The number of rotatable bonds is 3. The highest BCUT2D eigenvalue weighted by atomic mass is 16.4. The van der Waals surface area contributed by atoms with Crippen molar-refractivity contribution in [2.45, 2.75) is 70.8 Å². The first-order valence-electron chi connectivity index (χ1n) is 8.63. The fourth-order valence-electron chi connectivity index (χ4n) is 4.13. The first-order chi connectivity index (χ1) is 10.2. The molecule has 1 saturated heterocycles. The Bertz CT molecular complexity index is 349. The average Bonchev–Trinajstić information content (AvgIpc) is 2.45. The highest BCUT2D eigenvalue weighted by molar-refractivity contribution is 4.95. The lowest BCUT2D eigenvalue weighted by Gasteiger charge is -2.45. The lowest BCUT2D eigenvalue weighted by molar-refractivity contribution is -0.148. The molecule has 2 rings (SSSR count). The van der Waals surface area contributed by atoms with E-state index in [0.717, 1.165) is 25.3 Å². The van der Waals surface area contributed by atoms with Gasteiger partial charge < -0.3 is 20.4 Å². The first kappa shape index (κ1) is 18.1. The Morgan fingerprint density at radius 3 is 2.05 bits per heavy atom. The molecule has 1 heterocycles. The zero-order valence-corrected chi connectivity index (χ0v) is 14.1. The van der Waals surface area contributed by atoms with E-state index in [1.54, 1.807) is 0 Å². The maximum Gasteiger partial charge on any atom is 0.109 e. The largest absolute Gasteiger partial charge is 0.395 e. The lowest BCUT2D eigenvalue weighted by atomic mass is 9.69. The fraction of sp³-hybridized carbons (Fsp3) is 1.00. The molecule has 0 radical (unpaired) electrons. The van der Waals surface area contributed by atoms with Crippen molar-refractivity contribution in [2.75, 3.05) is 19.7 Å².